The van der Waals surface area contributed by atoms with Crippen LogP contribution in [0.25, 0.3) is 0 Å². The summed E-state index contributed by atoms with van der Waals surface area (Å²) in [6, 6.07) is 6.66. The van der Waals surface area contributed by atoms with Crippen molar-refractivity contribution in [2.75, 3.05) is 34.0 Å². The van der Waals surface area contributed by atoms with Gasteiger partial charge in [0.2, 0.25) is 0 Å². The maximum atomic E-state index is 10.8. The molecular formula is C26H48Cl2N2O4. The molecule has 1 aromatic rings. The van der Waals surface area contributed by atoms with Gasteiger partial charge in [0, 0.05) is 26.2 Å². The predicted octanol–water partition coefficient (Wildman–Crippen LogP) is 5.07. The number of halogens is 2. The number of nitrogens with two attached hydrogens (primary N) is 1. The van der Waals surface area contributed by atoms with Crippen LogP contribution in [0, 0.1) is 11.8 Å². The summed E-state index contributed by atoms with van der Waals surface area (Å²) in [6.07, 6.45) is 6.29. The van der Waals surface area contributed by atoms with Crippen LogP contribution in [0.1, 0.15) is 64.9 Å². The Kier molecular flexibility index (Phi) is 17.2. The zero-order valence-corrected chi connectivity index (χ0v) is 23.3. The first-order valence-electron chi connectivity index (χ1n) is 12.3. The number of piperidine rings is 1. The summed E-state index contributed by atoms with van der Waals surface area (Å²) in [5, 5.41) is 10.8. The minimum atomic E-state index is -0.493. The normalized spacial score (nSPS) is 19.0. The van der Waals surface area contributed by atoms with Crippen molar-refractivity contribution in [3.05, 3.63) is 23.8 Å². The quantitative estimate of drug-likeness (QED) is 0.332. The summed E-state index contributed by atoms with van der Waals surface area (Å²) in [5.74, 6) is 2.51. The van der Waals surface area contributed by atoms with Gasteiger partial charge in [-0.05, 0) is 75.1 Å². The number of methoxy groups -OCH3 is 2. The highest BCUT2D eigenvalue weighted by atomic mass is 35.5. The molecule has 0 aliphatic carbocycles. The van der Waals surface area contributed by atoms with E-state index in [4.69, 9.17) is 19.9 Å². The van der Waals surface area contributed by atoms with Crippen molar-refractivity contribution in [2.24, 2.45) is 17.6 Å². The monoisotopic (exact) mass is 522 g/mol. The lowest BCUT2D eigenvalue weighted by molar-refractivity contribution is 0.00788. The molecule has 1 heterocycles. The molecule has 8 heteroatoms. The van der Waals surface area contributed by atoms with Gasteiger partial charge in [0.05, 0.1) is 26.0 Å². The zero-order valence-electron chi connectivity index (χ0n) is 21.7. The number of aliphatic hydroxyl groups is 1. The van der Waals surface area contributed by atoms with Crippen molar-refractivity contribution in [2.45, 2.75) is 84.0 Å². The second kappa shape index (κ2) is 17.6. The Morgan fingerprint density at radius 3 is 2.44 bits per heavy atom. The molecule has 1 aromatic carbocycles. The van der Waals surface area contributed by atoms with Gasteiger partial charge in [-0.15, -0.1) is 24.8 Å². The Hall–Kier alpha value is -0.760. The lowest BCUT2D eigenvalue weighted by Crippen LogP contribution is -2.55. The van der Waals surface area contributed by atoms with E-state index in [1.807, 2.05) is 6.07 Å². The molecule has 0 unspecified atom stereocenters. The van der Waals surface area contributed by atoms with Gasteiger partial charge in [0.15, 0.2) is 11.5 Å². The molecule has 0 radical (unpaired) electrons. The molecule has 0 amide bonds. The van der Waals surface area contributed by atoms with Crippen molar-refractivity contribution in [3.63, 3.8) is 0 Å². The molecule has 1 saturated heterocycles. The van der Waals surface area contributed by atoms with E-state index in [0.29, 0.717) is 31.1 Å². The molecule has 3 N–H and O–H groups in total. The topological polar surface area (TPSA) is 77.2 Å². The fraction of sp³-hybridized carbons (Fsp3) is 0.769. The summed E-state index contributed by atoms with van der Waals surface area (Å²) < 4.78 is 16.5. The Bertz CT molecular complexity index is 666. The highest BCUT2D eigenvalue weighted by Gasteiger charge is 2.29. The van der Waals surface area contributed by atoms with Crippen LogP contribution in [-0.2, 0) is 11.2 Å². The van der Waals surface area contributed by atoms with E-state index in [-0.39, 0.29) is 31.0 Å². The lowest BCUT2D eigenvalue weighted by Gasteiger charge is -2.40. The molecule has 0 spiro atoms. The Morgan fingerprint density at radius 1 is 1.09 bits per heavy atom. The standard InChI is InChI=1S/C26H46N2O4.2ClH/c1-19(2)22(11-12-23(29)26(27)28-14-7-6-9-20(28)3)17-21-10-13-24(31-5)25(18-21)32-16-8-15-30-4;;/h10,13,18-20,22-23,26,29H,6-9,11-12,14-17,27H2,1-5H3;2*1H/t20-,22+,23+,26+;;/m1../s1. The number of aliphatic hydroxyl groups excluding tert-OH is 1. The molecule has 0 bridgehead atoms. The van der Waals surface area contributed by atoms with Gasteiger partial charge >= 0.3 is 0 Å². The summed E-state index contributed by atoms with van der Waals surface area (Å²) in [4.78, 5) is 2.29. The molecule has 200 valence electrons. The highest BCUT2D eigenvalue weighted by Crippen LogP contribution is 2.31. The van der Waals surface area contributed by atoms with E-state index in [2.05, 4.69) is 37.8 Å². The number of ether oxygens (including phenoxy) is 3. The zero-order chi connectivity index (χ0) is 23.5. The fourth-order valence-electron chi connectivity index (χ4n) is 4.66. The van der Waals surface area contributed by atoms with Crippen LogP contribution in [0.15, 0.2) is 18.2 Å². The molecule has 6 nitrogen and oxygen atoms in total. The third kappa shape index (κ3) is 10.5. The van der Waals surface area contributed by atoms with E-state index in [1.54, 1.807) is 14.2 Å². The Morgan fingerprint density at radius 2 is 1.82 bits per heavy atom. The number of hydrogen-bond donors (Lipinski definition) is 2. The summed E-state index contributed by atoms with van der Waals surface area (Å²) in [7, 11) is 3.37. The molecule has 0 saturated carbocycles. The van der Waals surface area contributed by atoms with E-state index in [9.17, 15) is 5.11 Å². The molecule has 2 rings (SSSR count). The van der Waals surface area contributed by atoms with Crippen molar-refractivity contribution < 1.29 is 19.3 Å². The van der Waals surface area contributed by atoms with Crippen LogP contribution in [0.4, 0.5) is 0 Å². The molecule has 34 heavy (non-hydrogen) atoms. The maximum Gasteiger partial charge on any atom is 0.161 e. The third-order valence-electron chi connectivity index (χ3n) is 6.88. The van der Waals surface area contributed by atoms with Gasteiger partial charge < -0.3 is 25.1 Å². The predicted molar refractivity (Wildman–Crippen MR) is 145 cm³/mol. The van der Waals surface area contributed by atoms with Crippen LogP contribution >= 0.6 is 24.8 Å². The number of rotatable bonds is 14. The van der Waals surface area contributed by atoms with Crippen molar-refractivity contribution in [3.8, 4) is 11.5 Å². The molecule has 0 aromatic heterocycles. The number of benzene rings is 1. The third-order valence-corrected chi connectivity index (χ3v) is 6.88. The van der Waals surface area contributed by atoms with Gasteiger partial charge in [0.1, 0.15) is 0 Å². The molecule has 1 fully saturated rings. The first kappa shape index (κ1) is 33.2. The largest absolute Gasteiger partial charge is 0.493 e. The second-order valence-corrected chi connectivity index (χ2v) is 9.61. The average Bonchev–Trinajstić information content (AvgIpc) is 2.79. The number of hydrogen-bond acceptors (Lipinski definition) is 6. The van der Waals surface area contributed by atoms with Crippen LogP contribution in [0.5, 0.6) is 11.5 Å². The highest BCUT2D eigenvalue weighted by molar-refractivity contribution is 5.85. The van der Waals surface area contributed by atoms with Gasteiger partial charge in [-0.3, -0.25) is 4.90 Å². The lowest BCUT2D eigenvalue weighted by atomic mass is 9.84. The number of likely N-dealkylation sites (tertiary alicyclic amines) is 1. The van der Waals surface area contributed by atoms with Gasteiger partial charge in [-0.25, -0.2) is 0 Å². The van der Waals surface area contributed by atoms with Crippen molar-refractivity contribution in [1.29, 1.82) is 0 Å². The van der Waals surface area contributed by atoms with Crippen LogP contribution in [0.2, 0.25) is 0 Å². The Balaban J connectivity index is 0.00000544. The van der Waals surface area contributed by atoms with Gasteiger partial charge in [-0.2, -0.15) is 0 Å². The summed E-state index contributed by atoms with van der Waals surface area (Å²) in [5.41, 5.74) is 7.68. The fourth-order valence-corrected chi connectivity index (χ4v) is 4.66. The first-order valence-corrected chi connectivity index (χ1v) is 12.3. The van der Waals surface area contributed by atoms with Gasteiger partial charge in [0.25, 0.3) is 0 Å². The summed E-state index contributed by atoms with van der Waals surface area (Å²) in [6.45, 7) is 9.01. The van der Waals surface area contributed by atoms with Crippen LogP contribution in [-0.4, -0.2) is 62.3 Å². The minimum absolute atomic E-state index is 0. The van der Waals surface area contributed by atoms with E-state index < -0.39 is 6.10 Å². The van der Waals surface area contributed by atoms with E-state index in [1.165, 1.54) is 24.8 Å². The first-order chi connectivity index (χ1) is 15.4. The molecular weight excluding hydrogens is 475 g/mol. The second-order valence-electron chi connectivity index (χ2n) is 9.61. The smallest absolute Gasteiger partial charge is 0.161 e. The van der Waals surface area contributed by atoms with Crippen molar-refractivity contribution in [1.82, 2.24) is 4.90 Å². The SMILES string of the molecule is COCCCOc1cc(C[C@H](CC[C@H](O)[C@@H](N)N2CCCC[C@H]2C)C(C)C)ccc1OC.Cl.Cl. The number of nitrogens with zero attached hydrogens (tertiary/aromatic N) is 1. The average molecular weight is 524 g/mol. The summed E-state index contributed by atoms with van der Waals surface area (Å²) >= 11 is 0. The van der Waals surface area contributed by atoms with Gasteiger partial charge in [-0.1, -0.05) is 26.3 Å². The molecule has 1 aliphatic rings. The van der Waals surface area contributed by atoms with Crippen molar-refractivity contribution >= 4 is 24.8 Å². The Labute approximate surface area is 219 Å². The van der Waals surface area contributed by atoms with Crippen LogP contribution < -0.4 is 15.2 Å². The van der Waals surface area contributed by atoms with E-state index >= 15 is 0 Å². The van der Waals surface area contributed by atoms with E-state index in [0.717, 1.165) is 43.7 Å². The minimum Gasteiger partial charge on any atom is -0.493 e. The molecule has 4 atom stereocenters. The van der Waals surface area contributed by atoms with Crippen LogP contribution in [0.3, 0.4) is 0 Å². The molecule has 1 aliphatic heterocycles. The maximum absolute atomic E-state index is 10.8.